The second kappa shape index (κ2) is 3.68. The smallest absolute Gasteiger partial charge is 0.342 e. The highest BCUT2D eigenvalue weighted by Crippen LogP contribution is 2.38. The molecule has 0 aromatic rings. The third kappa shape index (κ3) is 2.44. The van der Waals surface area contributed by atoms with E-state index in [9.17, 15) is 18.0 Å². The Morgan fingerprint density at radius 1 is 1.20 bits per heavy atom. The van der Waals surface area contributed by atoms with E-state index in [1.54, 1.807) is 0 Å². The molecular weight excluding hydrogens is 207 g/mol. The molecule has 15 heavy (non-hydrogen) atoms. The number of halogens is 3. The Morgan fingerprint density at radius 3 is 2.20 bits per heavy atom. The van der Waals surface area contributed by atoms with Crippen LogP contribution in [0.2, 0.25) is 0 Å². The van der Waals surface area contributed by atoms with Gasteiger partial charge in [0.1, 0.15) is 6.42 Å². The van der Waals surface area contributed by atoms with E-state index in [1.807, 2.05) is 0 Å². The average molecular weight is 221 g/mol. The topological polar surface area (TPSA) is 20.3 Å². The van der Waals surface area contributed by atoms with Gasteiger partial charge in [-0.05, 0) is 24.7 Å². The Kier molecular flexibility index (Phi) is 2.64. The number of amides is 1. The van der Waals surface area contributed by atoms with Crippen molar-refractivity contribution in [3.63, 3.8) is 0 Å². The Labute approximate surface area is 86.4 Å². The predicted octanol–water partition coefficient (Wildman–Crippen LogP) is 2.20. The normalized spacial score (nSPS) is 30.7. The number of carbonyl (C=O) groups is 1. The molecule has 0 bridgehead atoms. The Bertz CT molecular complexity index is 252. The third-order valence-electron chi connectivity index (χ3n) is 3.43. The van der Waals surface area contributed by atoms with Crippen molar-refractivity contribution in [1.29, 1.82) is 0 Å². The summed E-state index contributed by atoms with van der Waals surface area (Å²) in [4.78, 5) is 12.7. The molecule has 2 nitrogen and oxygen atoms in total. The predicted molar refractivity (Wildman–Crippen MR) is 48.1 cm³/mol. The van der Waals surface area contributed by atoms with Crippen molar-refractivity contribution in [2.24, 2.45) is 11.8 Å². The molecule has 0 N–H and O–H groups in total. The first kappa shape index (κ1) is 10.8. The fourth-order valence-corrected chi connectivity index (χ4v) is 2.72. The van der Waals surface area contributed by atoms with Crippen LogP contribution in [0.3, 0.4) is 0 Å². The van der Waals surface area contributed by atoms with Crippen LogP contribution in [0.15, 0.2) is 0 Å². The van der Waals surface area contributed by atoms with Gasteiger partial charge in [-0.3, -0.25) is 4.79 Å². The molecule has 86 valence electrons. The van der Waals surface area contributed by atoms with Gasteiger partial charge in [-0.2, -0.15) is 13.2 Å². The van der Waals surface area contributed by atoms with E-state index in [1.165, 1.54) is 4.90 Å². The summed E-state index contributed by atoms with van der Waals surface area (Å²) in [7, 11) is 0. The Hall–Kier alpha value is -0.740. The molecule has 0 spiro atoms. The molecule has 0 radical (unpaired) electrons. The van der Waals surface area contributed by atoms with Crippen molar-refractivity contribution in [3.8, 4) is 0 Å². The first-order chi connectivity index (χ1) is 6.96. The number of alkyl halides is 3. The fraction of sp³-hybridized carbons (Fsp3) is 0.900. The molecule has 5 heteroatoms. The lowest BCUT2D eigenvalue weighted by molar-refractivity contribution is -0.160. The summed E-state index contributed by atoms with van der Waals surface area (Å²) in [5.74, 6) is 0.168. The minimum atomic E-state index is -4.37. The van der Waals surface area contributed by atoms with Crippen molar-refractivity contribution in [2.45, 2.75) is 31.9 Å². The quantitative estimate of drug-likeness (QED) is 0.664. The molecule has 0 aromatic heterocycles. The van der Waals surface area contributed by atoms with Crippen LogP contribution in [-0.4, -0.2) is 30.1 Å². The number of fused-ring (bicyclic) bond motifs is 1. The molecule has 1 aliphatic carbocycles. The highest BCUT2D eigenvalue weighted by Gasteiger charge is 2.41. The van der Waals surface area contributed by atoms with Crippen LogP contribution in [0.5, 0.6) is 0 Å². The van der Waals surface area contributed by atoms with Crippen molar-refractivity contribution in [2.75, 3.05) is 13.1 Å². The average Bonchev–Trinajstić information content (AvgIpc) is 2.56. The van der Waals surface area contributed by atoms with Crippen LogP contribution in [0.1, 0.15) is 25.7 Å². The minimum absolute atomic E-state index is 0.460. The molecular formula is C10H14F3NO. The van der Waals surface area contributed by atoms with Crippen molar-refractivity contribution in [3.05, 3.63) is 0 Å². The fourth-order valence-electron chi connectivity index (χ4n) is 2.72. The molecule has 1 saturated carbocycles. The molecule has 2 atom stereocenters. The Balaban J connectivity index is 1.88. The lowest BCUT2D eigenvalue weighted by atomic mass is 10.0. The molecule has 1 heterocycles. The van der Waals surface area contributed by atoms with Gasteiger partial charge >= 0.3 is 6.18 Å². The van der Waals surface area contributed by atoms with E-state index in [4.69, 9.17) is 0 Å². The van der Waals surface area contributed by atoms with Gasteiger partial charge in [0.05, 0.1) is 0 Å². The second-order valence-corrected chi connectivity index (χ2v) is 4.54. The summed E-state index contributed by atoms with van der Waals surface area (Å²) in [6.45, 7) is 1.08. The maximum Gasteiger partial charge on any atom is 0.397 e. The third-order valence-corrected chi connectivity index (χ3v) is 3.43. The van der Waals surface area contributed by atoms with E-state index in [0.717, 1.165) is 19.3 Å². The van der Waals surface area contributed by atoms with Crippen LogP contribution in [0.4, 0.5) is 13.2 Å². The summed E-state index contributed by atoms with van der Waals surface area (Å²) in [5, 5.41) is 0. The highest BCUT2D eigenvalue weighted by molar-refractivity contribution is 5.77. The van der Waals surface area contributed by atoms with Crippen molar-refractivity contribution in [1.82, 2.24) is 4.90 Å². The SMILES string of the molecule is O=C(CC(F)(F)F)N1CC2CCCC2C1. The minimum Gasteiger partial charge on any atom is -0.342 e. The number of hydrogen-bond acceptors (Lipinski definition) is 1. The van der Waals surface area contributed by atoms with Gasteiger partial charge in [0.25, 0.3) is 0 Å². The van der Waals surface area contributed by atoms with E-state index in [-0.39, 0.29) is 0 Å². The van der Waals surface area contributed by atoms with Crippen LogP contribution in [-0.2, 0) is 4.79 Å². The molecule has 2 aliphatic rings. The Morgan fingerprint density at radius 2 is 1.73 bits per heavy atom. The van der Waals surface area contributed by atoms with E-state index >= 15 is 0 Å². The van der Waals surface area contributed by atoms with Gasteiger partial charge in [-0.15, -0.1) is 0 Å². The monoisotopic (exact) mass is 221 g/mol. The number of likely N-dealkylation sites (tertiary alicyclic amines) is 1. The van der Waals surface area contributed by atoms with Gasteiger partial charge < -0.3 is 4.90 Å². The molecule has 1 aliphatic heterocycles. The first-order valence-electron chi connectivity index (χ1n) is 5.30. The zero-order valence-electron chi connectivity index (χ0n) is 8.39. The maximum atomic E-state index is 12.0. The van der Waals surface area contributed by atoms with Crippen LogP contribution in [0.25, 0.3) is 0 Å². The van der Waals surface area contributed by atoms with Gasteiger partial charge in [-0.1, -0.05) is 6.42 Å². The maximum absolute atomic E-state index is 12.0. The summed E-state index contributed by atoms with van der Waals surface area (Å²) in [6.07, 6.45) is -2.36. The van der Waals surface area contributed by atoms with Crippen molar-refractivity contribution >= 4 is 5.91 Å². The largest absolute Gasteiger partial charge is 0.397 e. The van der Waals surface area contributed by atoms with Crippen LogP contribution in [0, 0.1) is 11.8 Å². The first-order valence-corrected chi connectivity index (χ1v) is 5.30. The van der Waals surface area contributed by atoms with Crippen molar-refractivity contribution < 1.29 is 18.0 Å². The number of hydrogen-bond donors (Lipinski definition) is 0. The summed E-state index contributed by atoms with van der Waals surface area (Å²) in [6, 6.07) is 0. The lowest BCUT2D eigenvalue weighted by Gasteiger charge is -2.18. The van der Waals surface area contributed by atoms with Crippen LogP contribution < -0.4 is 0 Å². The van der Waals surface area contributed by atoms with Gasteiger partial charge in [-0.25, -0.2) is 0 Å². The number of nitrogens with zero attached hydrogens (tertiary/aromatic N) is 1. The van der Waals surface area contributed by atoms with E-state index in [2.05, 4.69) is 0 Å². The molecule has 2 fully saturated rings. The zero-order chi connectivity index (χ0) is 11.1. The second-order valence-electron chi connectivity index (χ2n) is 4.54. The van der Waals surface area contributed by atoms with Gasteiger partial charge in [0.15, 0.2) is 0 Å². The molecule has 1 amide bonds. The lowest BCUT2D eigenvalue weighted by Crippen LogP contribution is -2.33. The van der Waals surface area contributed by atoms with E-state index < -0.39 is 18.5 Å². The van der Waals surface area contributed by atoms with Crippen LogP contribution >= 0.6 is 0 Å². The summed E-state index contributed by atoms with van der Waals surface area (Å²) >= 11 is 0. The zero-order valence-corrected chi connectivity index (χ0v) is 8.39. The number of carbonyl (C=O) groups excluding carboxylic acids is 1. The summed E-state index contributed by atoms with van der Waals surface area (Å²) in [5.41, 5.74) is 0. The van der Waals surface area contributed by atoms with E-state index in [0.29, 0.717) is 24.9 Å². The van der Waals surface area contributed by atoms with Gasteiger partial charge in [0.2, 0.25) is 5.91 Å². The number of rotatable bonds is 1. The molecule has 0 aromatic carbocycles. The molecule has 2 rings (SSSR count). The standard InChI is InChI=1S/C10H14F3NO/c11-10(12,13)4-9(15)14-5-7-2-1-3-8(7)6-14/h7-8H,1-6H2. The molecule has 2 unspecified atom stereocenters. The summed E-state index contributed by atoms with van der Waals surface area (Å²) < 4.78 is 36.0. The highest BCUT2D eigenvalue weighted by atomic mass is 19.4. The van der Waals surface area contributed by atoms with Gasteiger partial charge in [0, 0.05) is 13.1 Å². The molecule has 1 saturated heterocycles.